The second kappa shape index (κ2) is 10.7. The van der Waals surface area contributed by atoms with Gasteiger partial charge in [-0.1, -0.05) is 77.3 Å². The van der Waals surface area contributed by atoms with Crippen LogP contribution in [-0.4, -0.2) is 6.04 Å². The smallest absolute Gasteiger partial charge is 0.124 e. The van der Waals surface area contributed by atoms with Gasteiger partial charge in [0, 0.05) is 38.2 Å². The van der Waals surface area contributed by atoms with Crippen LogP contribution in [0.25, 0.3) is 0 Å². The lowest BCUT2D eigenvalue weighted by Crippen LogP contribution is -2.29. The minimum Gasteiger partial charge on any atom is -0.488 e. The molecular weight excluding hydrogens is 445 g/mol. The molecule has 146 valence electrons. The van der Waals surface area contributed by atoms with E-state index in [1.165, 1.54) is 44.9 Å². The van der Waals surface area contributed by atoms with Gasteiger partial charge in [-0.15, -0.1) is 0 Å². The molecular formula is C22H26BrCl2NO. The highest BCUT2D eigenvalue weighted by Crippen LogP contribution is 2.29. The third-order valence-electron chi connectivity index (χ3n) is 5.14. The van der Waals surface area contributed by atoms with Gasteiger partial charge in [-0.2, -0.15) is 0 Å². The van der Waals surface area contributed by atoms with Crippen LogP contribution in [0.4, 0.5) is 0 Å². The molecule has 5 heteroatoms. The average Bonchev–Trinajstić information content (AvgIpc) is 2.62. The molecule has 2 aromatic rings. The van der Waals surface area contributed by atoms with Crippen LogP contribution in [0.15, 0.2) is 40.9 Å². The molecule has 1 saturated carbocycles. The molecule has 27 heavy (non-hydrogen) atoms. The van der Waals surface area contributed by atoms with Crippen molar-refractivity contribution in [1.29, 1.82) is 0 Å². The van der Waals surface area contributed by atoms with Crippen molar-refractivity contribution in [3.05, 3.63) is 62.0 Å². The molecule has 0 heterocycles. The quantitative estimate of drug-likeness (QED) is 0.470. The first-order chi connectivity index (χ1) is 13.1. The number of rotatable bonds is 6. The van der Waals surface area contributed by atoms with Gasteiger partial charge in [0.25, 0.3) is 0 Å². The van der Waals surface area contributed by atoms with Crippen LogP contribution in [0.3, 0.4) is 0 Å². The van der Waals surface area contributed by atoms with Gasteiger partial charge < -0.3 is 10.1 Å². The van der Waals surface area contributed by atoms with Gasteiger partial charge in [-0.3, -0.25) is 0 Å². The molecule has 0 spiro atoms. The van der Waals surface area contributed by atoms with Crippen LogP contribution in [0.2, 0.25) is 10.0 Å². The lowest BCUT2D eigenvalue weighted by molar-refractivity contribution is 0.300. The Labute approximate surface area is 180 Å². The fraction of sp³-hybridized carbons (Fsp3) is 0.455. The zero-order valence-electron chi connectivity index (χ0n) is 15.4. The molecule has 2 aromatic carbocycles. The lowest BCUT2D eigenvalue weighted by atomic mass is 9.96. The topological polar surface area (TPSA) is 21.3 Å². The Kier molecular flexibility index (Phi) is 8.32. The normalized spacial score (nSPS) is 16.0. The number of hydrogen-bond acceptors (Lipinski definition) is 2. The third-order valence-corrected chi connectivity index (χ3v) is 6.34. The molecule has 0 bridgehead atoms. The highest BCUT2D eigenvalue weighted by molar-refractivity contribution is 9.10. The molecule has 0 atom stereocenters. The van der Waals surface area contributed by atoms with Gasteiger partial charge in [0.2, 0.25) is 0 Å². The zero-order chi connectivity index (χ0) is 19.1. The van der Waals surface area contributed by atoms with Crippen molar-refractivity contribution in [2.24, 2.45) is 0 Å². The molecule has 1 aliphatic rings. The molecule has 0 unspecified atom stereocenters. The standard InChI is InChI=1S/C22H26BrCl2NO/c23-17-11-12-22(27-15-19-20(24)9-6-10-21(19)25)16(13-17)14-26-18-7-4-2-1-3-5-8-18/h6,9-13,18,26H,1-5,7-8,14-15H2. The summed E-state index contributed by atoms with van der Waals surface area (Å²) >= 11 is 16.1. The Bertz CT molecular complexity index is 725. The molecule has 0 radical (unpaired) electrons. The van der Waals surface area contributed by atoms with E-state index < -0.39 is 0 Å². The van der Waals surface area contributed by atoms with Gasteiger partial charge in [0.1, 0.15) is 12.4 Å². The van der Waals surface area contributed by atoms with Gasteiger partial charge in [0.05, 0.1) is 0 Å². The van der Waals surface area contributed by atoms with Crippen LogP contribution in [-0.2, 0) is 13.2 Å². The maximum absolute atomic E-state index is 6.27. The Balaban J connectivity index is 1.65. The molecule has 0 aromatic heterocycles. The summed E-state index contributed by atoms with van der Waals surface area (Å²) in [5.74, 6) is 0.868. The summed E-state index contributed by atoms with van der Waals surface area (Å²) in [6.45, 7) is 1.16. The first-order valence-electron chi connectivity index (χ1n) is 9.71. The molecule has 0 amide bonds. The number of halogens is 3. The van der Waals surface area contributed by atoms with Crippen molar-refractivity contribution >= 4 is 39.1 Å². The second-order valence-corrected chi connectivity index (χ2v) is 8.89. The van der Waals surface area contributed by atoms with Crippen LogP contribution >= 0.6 is 39.1 Å². The van der Waals surface area contributed by atoms with Crippen LogP contribution in [0.5, 0.6) is 5.75 Å². The van der Waals surface area contributed by atoms with Crippen molar-refractivity contribution in [2.75, 3.05) is 0 Å². The largest absolute Gasteiger partial charge is 0.488 e. The van der Waals surface area contributed by atoms with E-state index in [9.17, 15) is 0 Å². The maximum atomic E-state index is 6.27. The maximum Gasteiger partial charge on any atom is 0.124 e. The van der Waals surface area contributed by atoms with E-state index in [-0.39, 0.29) is 0 Å². The van der Waals surface area contributed by atoms with Gasteiger partial charge >= 0.3 is 0 Å². The summed E-state index contributed by atoms with van der Waals surface area (Å²) < 4.78 is 7.15. The van der Waals surface area contributed by atoms with Gasteiger partial charge in [0.15, 0.2) is 0 Å². The number of nitrogens with one attached hydrogen (secondary N) is 1. The number of hydrogen-bond donors (Lipinski definition) is 1. The SMILES string of the molecule is Clc1cccc(Cl)c1COc1ccc(Br)cc1CNC1CCCCCCC1. The van der Waals surface area contributed by atoms with Crippen molar-refractivity contribution in [2.45, 2.75) is 64.1 Å². The van der Waals surface area contributed by atoms with E-state index in [1.807, 2.05) is 30.3 Å². The minimum absolute atomic E-state index is 0.358. The van der Waals surface area contributed by atoms with Crippen LogP contribution < -0.4 is 10.1 Å². The highest BCUT2D eigenvalue weighted by Gasteiger charge is 2.13. The minimum atomic E-state index is 0.358. The molecule has 0 aliphatic heterocycles. The Morgan fingerprint density at radius 2 is 1.63 bits per heavy atom. The van der Waals surface area contributed by atoms with Crippen molar-refractivity contribution in [1.82, 2.24) is 5.32 Å². The van der Waals surface area contributed by atoms with Crippen molar-refractivity contribution in [3.8, 4) is 5.75 Å². The molecule has 1 N–H and O–H groups in total. The van der Waals surface area contributed by atoms with Crippen molar-refractivity contribution < 1.29 is 4.74 Å². The van der Waals surface area contributed by atoms with E-state index in [2.05, 4.69) is 27.3 Å². The van der Waals surface area contributed by atoms with E-state index in [0.717, 1.165) is 27.9 Å². The molecule has 0 saturated heterocycles. The summed E-state index contributed by atoms with van der Waals surface area (Å²) in [6.07, 6.45) is 9.29. The monoisotopic (exact) mass is 469 g/mol. The molecule has 1 aliphatic carbocycles. The summed E-state index contributed by atoms with van der Waals surface area (Å²) in [6, 6.07) is 12.2. The summed E-state index contributed by atoms with van der Waals surface area (Å²) in [5.41, 5.74) is 1.97. The van der Waals surface area contributed by atoms with Gasteiger partial charge in [-0.25, -0.2) is 0 Å². The highest BCUT2D eigenvalue weighted by atomic mass is 79.9. The summed E-state index contributed by atoms with van der Waals surface area (Å²) in [5, 5.41) is 5.01. The van der Waals surface area contributed by atoms with Crippen LogP contribution in [0.1, 0.15) is 56.1 Å². The predicted molar refractivity (Wildman–Crippen MR) is 118 cm³/mol. The number of ether oxygens (including phenoxy) is 1. The third kappa shape index (κ3) is 6.39. The summed E-state index contributed by atoms with van der Waals surface area (Å²) in [7, 11) is 0. The van der Waals surface area contributed by atoms with E-state index in [4.69, 9.17) is 27.9 Å². The zero-order valence-corrected chi connectivity index (χ0v) is 18.5. The number of benzene rings is 2. The van der Waals surface area contributed by atoms with E-state index in [0.29, 0.717) is 22.7 Å². The fourth-order valence-electron chi connectivity index (χ4n) is 3.56. The average molecular weight is 471 g/mol. The molecule has 3 rings (SSSR count). The van der Waals surface area contributed by atoms with Gasteiger partial charge in [-0.05, 0) is 43.2 Å². The fourth-order valence-corrected chi connectivity index (χ4v) is 4.48. The Hall–Kier alpha value is -0.740. The van der Waals surface area contributed by atoms with E-state index >= 15 is 0 Å². The predicted octanol–water partition coefficient (Wildman–Crippen LogP) is 7.54. The molecule has 2 nitrogen and oxygen atoms in total. The van der Waals surface area contributed by atoms with Crippen molar-refractivity contribution in [3.63, 3.8) is 0 Å². The van der Waals surface area contributed by atoms with E-state index in [1.54, 1.807) is 0 Å². The Morgan fingerprint density at radius 3 is 2.33 bits per heavy atom. The lowest BCUT2D eigenvalue weighted by Gasteiger charge is -2.22. The van der Waals surface area contributed by atoms with Crippen LogP contribution in [0, 0.1) is 0 Å². The molecule has 1 fully saturated rings. The first kappa shape index (κ1) is 21.0. The first-order valence-corrected chi connectivity index (χ1v) is 11.3. The summed E-state index contributed by atoms with van der Waals surface area (Å²) in [4.78, 5) is 0. The second-order valence-electron chi connectivity index (χ2n) is 7.16. The Morgan fingerprint density at radius 1 is 0.963 bits per heavy atom.